The summed E-state index contributed by atoms with van der Waals surface area (Å²) in [6, 6.07) is 0. The lowest BCUT2D eigenvalue weighted by molar-refractivity contribution is 0.391. The van der Waals surface area contributed by atoms with Gasteiger partial charge < -0.3 is 0 Å². The molecular formula is C30H53Cl9. The van der Waals surface area contributed by atoms with Crippen LogP contribution in [0.1, 0.15) is 119 Å². The Balaban J connectivity index is 4.63. The Morgan fingerprint density at radius 1 is 0.538 bits per heavy atom. The first kappa shape index (κ1) is 41.6. The predicted octanol–water partition coefficient (Wildman–Crippen LogP) is 13.5. The van der Waals surface area contributed by atoms with Crippen molar-refractivity contribution in [2.24, 2.45) is 17.8 Å². The quantitative estimate of drug-likeness (QED) is 0.0973. The molecule has 0 saturated heterocycles. The zero-order valence-corrected chi connectivity index (χ0v) is 31.8. The molecule has 0 radical (unpaired) electrons. The maximum Gasteiger partial charge on any atom is 0.0582 e. The van der Waals surface area contributed by atoms with Crippen molar-refractivity contribution in [3.05, 3.63) is 0 Å². The van der Waals surface area contributed by atoms with Crippen LogP contribution in [0.3, 0.4) is 0 Å². The minimum absolute atomic E-state index is 0.0818. The maximum atomic E-state index is 6.90. The lowest BCUT2D eigenvalue weighted by Crippen LogP contribution is -2.35. The molecule has 0 aliphatic carbocycles. The predicted molar refractivity (Wildman–Crippen MR) is 186 cm³/mol. The van der Waals surface area contributed by atoms with Gasteiger partial charge in [-0.3, -0.25) is 0 Å². The molecule has 0 aliphatic rings. The first-order valence-electron chi connectivity index (χ1n) is 14.6. The molecule has 0 heterocycles. The van der Waals surface area contributed by atoms with Crippen molar-refractivity contribution in [3.63, 3.8) is 0 Å². The van der Waals surface area contributed by atoms with Gasteiger partial charge in [0.05, 0.1) is 20.5 Å². The number of alkyl halides is 9. The third-order valence-electron chi connectivity index (χ3n) is 8.09. The van der Waals surface area contributed by atoms with Crippen molar-refractivity contribution < 1.29 is 0 Å². The highest BCUT2D eigenvalue weighted by molar-refractivity contribution is 6.33. The van der Waals surface area contributed by atoms with Crippen molar-refractivity contribution in [1.82, 2.24) is 0 Å². The summed E-state index contributed by atoms with van der Waals surface area (Å²) < 4.78 is 0. The molecule has 9 unspecified atom stereocenters. The normalized spacial score (nSPS) is 21.5. The molecule has 0 nitrogen and oxygen atoms in total. The molecule has 0 aromatic heterocycles. The highest BCUT2D eigenvalue weighted by Gasteiger charge is 2.36. The minimum Gasteiger partial charge on any atom is -0.126 e. The minimum atomic E-state index is -0.611. The van der Waals surface area contributed by atoms with Gasteiger partial charge in [-0.2, -0.15) is 0 Å². The first-order chi connectivity index (χ1) is 17.7. The van der Waals surface area contributed by atoms with Crippen molar-refractivity contribution in [2.45, 2.75) is 161 Å². The van der Waals surface area contributed by atoms with Crippen LogP contribution in [0.25, 0.3) is 0 Å². The maximum absolute atomic E-state index is 6.90. The van der Waals surface area contributed by atoms with Gasteiger partial charge in [-0.05, 0) is 116 Å². The topological polar surface area (TPSA) is 0 Å². The van der Waals surface area contributed by atoms with Gasteiger partial charge in [0.2, 0.25) is 0 Å². The molecule has 0 aliphatic heterocycles. The largest absolute Gasteiger partial charge is 0.126 e. The van der Waals surface area contributed by atoms with Crippen LogP contribution in [0.4, 0.5) is 0 Å². The zero-order chi connectivity index (χ0) is 30.6. The van der Waals surface area contributed by atoms with Gasteiger partial charge in [-0.1, -0.05) is 20.8 Å². The van der Waals surface area contributed by atoms with Gasteiger partial charge >= 0.3 is 0 Å². The number of hydrogen-bond donors (Lipinski definition) is 0. The van der Waals surface area contributed by atoms with Crippen LogP contribution >= 0.6 is 104 Å². The standard InChI is InChI=1S/C30H53Cl9/c1-20(2)23(32)11-9-21(3)24(33)12-10-22(19-31)25(34)13-14-26(35)30(7,39)18-15-27(36)29(6,38)17-8-16-28(4,5)37/h20-27H,8-19H2,1-7H3. The molecule has 0 spiro atoms. The smallest absolute Gasteiger partial charge is 0.0582 e. The average Bonchev–Trinajstić information content (AvgIpc) is 2.82. The Labute approximate surface area is 286 Å². The first-order valence-corrected chi connectivity index (χ1v) is 18.4. The van der Waals surface area contributed by atoms with E-state index in [0.29, 0.717) is 37.0 Å². The van der Waals surface area contributed by atoms with E-state index >= 15 is 0 Å². The summed E-state index contributed by atoms with van der Waals surface area (Å²) in [6.45, 7) is 14.5. The fourth-order valence-electron chi connectivity index (χ4n) is 4.67. The Morgan fingerprint density at radius 3 is 1.54 bits per heavy atom. The molecule has 9 heteroatoms. The highest BCUT2D eigenvalue weighted by Crippen LogP contribution is 2.39. The number of rotatable bonds is 22. The van der Waals surface area contributed by atoms with Gasteiger partial charge in [0, 0.05) is 26.9 Å². The van der Waals surface area contributed by atoms with E-state index in [4.69, 9.17) is 104 Å². The number of hydrogen-bond acceptors (Lipinski definition) is 0. The number of halogens is 9. The molecule has 0 N–H and O–H groups in total. The molecule has 0 rings (SSSR count). The van der Waals surface area contributed by atoms with Gasteiger partial charge in [-0.15, -0.1) is 104 Å². The Morgan fingerprint density at radius 2 is 1.03 bits per heavy atom. The van der Waals surface area contributed by atoms with Crippen molar-refractivity contribution in [1.29, 1.82) is 0 Å². The van der Waals surface area contributed by atoms with Crippen molar-refractivity contribution in [3.8, 4) is 0 Å². The second kappa shape index (κ2) is 19.9. The fraction of sp³-hybridized carbons (Fsp3) is 1.00. The molecule has 0 bridgehead atoms. The SMILES string of the molecule is CC(C)C(Cl)CCC(C)C(Cl)CCC(CCl)C(Cl)CCC(Cl)C(C)(Cl)CCC(Cl)C(C)(Cl)CCCC(C)(C)Cl. The third-order valence-corrected chi connectivity index (χ3v) is 13.1. The fourth-order valence-corrected chi connectivity index (χ4v) is 6.90. The molecule has 0 aromatic rings. The van der Waals surface area contributed by atoms with Crippen LogP contribution in [0, 0.1) is 17.8 Å². The van der Waals surface area contributed by atoms with Crippen molar-refractivity contribution >= 4 is 104 Å². The van der Waals surface area contributed by atoms with Crippen LogP contribution in [-0.4, -0.2) is 47.4 Å². The second-order valence-electron chi connectivity index (χ2n) is 13.0. The Kier molecular flexibility index (Phi) is 21.2. The van der Waals surface area contributed by atoms with Gasteiger partial charge in [0.25, 0.3) is 0 Å². The highest BCUT2D eigenvalue weighted by atomic mass is 35.5. The lowest BCUT2D eigenvalue weighted by Gasteiger charge is -2.33. The van der Waals surface area contributed by atoms with Crippen LogP contribution in [0.2, 0.25) is 0 Å². The van der Waals surface area contributed by atoms with Crippen LogP contribution < -0.4 is 0 Å². The summed E-state index contributed by atoms with van der Waals surface area (Å²) in [5, 5.41) is -0.267. The summed E-state index contributed by atoms with van der Waals surface area (Å²) in [4.78, 5) is -1.37. The monoisotopic (exact) mass is 728 g/mol. The van der Waals surface area contributed by atoms with Crippen LogP contribution in [0.15, 0.2) is 0 Å². The second-order valence-corrected chi connectivity index (χ2v) is 18.8. The van der Waals surface area contributed by atoms with E-state index in [-0.39, 0.29) is 37.7 Å². The van der Waals surface area contributed by atoms with E-state index in [0.717, 1.165) is 51.4 Å². The molecule has 236 valence electrons. The average molecular weight is 733 g/mol. The van der Waals surface area contributed by atoms with Gasteiger partial charge in [0.15, 0.2) is 0 Å². The van der Waals surface area contributed by atoms with Crippen LogP contribution in [-0.2, 0) is 0 Å². The van der Waals surface area contributed by atoms with E-state index < -0.39 is 9.75 Å². The lowest BCUT2D eigenvalue weighted by atomic mass is 9.88. The molecule has 0 aromatic carbocycles. The van der Waals surface area contributed by atoms with E-state index in [1.807, 2.05) is 27.7 Å². The summed E-state index contributed by atoms with van der Waals surface area (Å²) in [5.74, 6) is 1.54. The van der Waals surface area contributed by atoms with E-state index in [1.165, 1.54) is 0 Å². The molecule has 0 amide bonds. The van der Waals surface area contributed by atoms with E-state index in [1.54, 1.807) is 0 Å². The van der Waals surface area contributed by atoms with Crippen LogP contribution in [0.5, 0.6) is 0 Å². The van der Waals surface area contributed by atoms with Crippen molar-refractivity contribution in [2.75, 3.05) is 5.88 Å². The van der Waals surface area contributed by atoms with Gasteiger partial charge in [-0.25, -0.2) is 0 Å². The third kappa shape index (κ3) is 18.2. The summed E-state index contributed by atoms with van der Waals surface area (Å²) in [5.41, 5.74) is 0. The molecule has 39 heavy (non-hydrogen) atoms. The molecular weight excluding hydrogens is 679 g/mol. The molecule has 0 fully saturated rings. The molecule has 0 saturated carbocycles. The summed E-state index contributed by atoms with van der Waals surface area (Å²) in [7, 11) is 0. The Hall–Kier alpha value is 2.61. The molecule has 9 atom stereocenters. The van der Waals surface area contributed by atoms with E-state index in [9.17, 15) is 0 Å². The van der Waals surface area contributed by atoms with Gasteiger partial charge in [0.1, 0.15) is 0 Å². The zero-order valence-electron chi connectivity index (χ0n) is 25.0. The summed E-state index contributed by atoms with van der Waals surface area (Å²) in [6.07, 6.45) is 9.17. The summed E-state index contributed by atoms with van der Waals surface area (Å²) >= 11 is 59.8. The Bertz CT molecular complexity index is 632. The van der Waals surface area contributed by atoms with E-state index in [2.05, 4.69) is 20.8 Å².